The molecule has 0 spiro atoms. The number of methoxy groups -OCH3 is 1. The van der Waals surface area contributed by atoms with E-state index >= 15 is 0 Å². The fourth-order valence-electron chi connectivity index (χ4n) is 4.44. The summed E-state index contributed by atoms with van der Waals surface area (Å²) in [5, 5.41) is 14.6. The van der Waals surface area contributed by atoms with Gasteiger partial charge in [0.25, 0.3) is 0 Å². The lowest BCUT2D eigenvalue weighted by Crippen LogP contribution is -2.50. The standard InChI is InChI=1S/C18H30N4O3/c1-4-22-14(2)15(7-19-22)8-20-6-5-16-9-21(17(24)10-25-3)12-18(16,11-20)13-23/h7,16,23H,4-6,8-13H2,1-3H3/t16-,18+/m0/s1. The first-order valence-electron chi connectivity index (χ1n) is 9.14. The van der Waals surface area contributed by atoms with Gasteiger partial charge in [0.05, 0.1) is 12.8 Å². The van der Waals surface area contributed by atoms with Gasteiger partial charge in [-0.05, 0) is 32.7 Å². The molecule has 140 valence electrons. The maximum atomic E-state index is 12.2. The van der Waals surface area contributed by atoms with Crippen LogP contribution in [0.2, 0.25) is 0 Å². The van der Waals surface area contributed by atoms with Gasteiger partial charge in [-0.1, -0.05) is 0 Å². The van der Waals surface area contributed by atoms with Crippen molar-refractivity contribution in [3.63, 3.8) is 0 Å². The minimum absolute atomic E-state index is 0.0244. The van der Waals surface area contributed by atoms with Crippen LogP contribution in [-0.2, 0) is 22.6 Å². The number of hydrogen-bond donors (Lipinski definition) is 1. The van der Waals surface area contributed by atoms with E-state index in [2.05, 4.69) is 23.8 Å². The molecule has 1 aromatic heterocycles. The number of piperidine rings is 1. The zero-order valence-corrected chi connectivity index (χ0v) is 15.6. The molecule has 2 aliphatic heterocycles. The molecule has 0 bridgehead atoms. The van der Waals surface area contributed by atoms with E-state index in [9.17, 15) is 9.90 Å². The Bertz CT molecular complexity index is 617. The first-order valence-corrected chi connectivity index (χ1v) is 9.14. The van der Waals surface area contributed by atoms with E-state index in [0.29, 0.717) is 12.5 Å². The first-order chi connectivity index (χ1) is 12.0. The smallest absolute Gasteiger partial charge is 0.248 e. The molecule has 0 radical (unpaired) electrons. The van der Waals surface area contributed by atoms with Crippen LogP contribution in [0.5, 0.6) is 0 Å². The Morgan fingerprint density at radius 2 is 2.28 bits per heavy atom. The Labute approximate surface area is 149 Å². The quantitative estimate of drug-likeness (QED) is 0.809. The highest BCUT2D eigenvalue weighted by Crippen LogP contribution is 2.42. The summed E-state index contributed by atoms with van der Waals surface area (Å²) in [5.74, 6) is 0.394. The number of nitrogens with zero attached hydrogens (tertiary/aromatic N) is 4. The molecule has 0 unspecified atom stereocenters. The van der Waals surface area contributed by atoms with Gasteiger partial charge >= 0.3 is 0 Å². The normalized spacial score (nSPS) is 26.9. The third-order valence-corrected chi connectivity index (χ3v) is 5.98. The van der Waals surface area contributed by atoms with Crippen molar-refractivity contribution in [2.24, 2.45) is 11.3 Å². The fourth-order valence-corrected chi connectivity index (χ4v) is 4.44. The highest BCUT2D eigenvalue weighted by molar-refractivity contribution is 5.77. The van der Waals surface area contributed by atoms with Crippen molar-refractivity contribution in [1.29, 1.82) is 0 Å². The summed E-state index contributed by atoms with van der Waals surface area (Å²) in [7, 11) is 1.55. The summed E-state index contributed by atoms with van der Waals surface area (Å²) in [4.78, 5) is 16.5. The Balaban J connectivity index is 1.69. The molecule has 2 fully saturated rings. The van der Waals surface area contributed by atoms with Crippen molar-refractivity contribution in [3.05, 3.63) is 17.5 Å². The van der Waals surface area contributed by atoms with Crippen LogP contribution in [-0.4, -0.2) is 77.1 Å². The van der Waals surface area contributed by atoms with E-state index < -0.39 is 0 Å². The van der Waals surface area contributed by atoms with Crippen molar-refractivity contribution in [1.82, 2.24) is 19.6 Å². The van der Waals surface area contributed by atoms with E-state index in [0.717, 1.165) is 39.1 Å². The van der Waals surface area contributed by atoms with Gasteiger partial charge in [-0.3, -0.25) is 14.4 Å². The van der Waals surface area contributed by atoms with Crippen LogP contribution in [0.3, 0.4) is 0 Å². The van der Waals surface area contributed by atoms with Crippen LogP contribution in [0.1, 0.15) is 24.6 Å². The number of aryl methyl sites for hydroxylation is 1. The van der Waals surface area contributed by atoms with Gasteiger partial charge in [0.1, 0.15) is 6.61 Å². The second-order valence-corrected chi connectivity index (χ2v) is 7.49. The van der Waals surface area contributed by atoms with Gasteiger partial charge in [0.2, 0.25) is 5.91 Å². The SMILES string of the molecule is CCn1ncc(CN2CC[C@H]3CN(C(=O)COC)C[C@@]3(CO)C2)c1C. The molecule has 3 heterocycles. The van der Waals surface area contributed by atoms with Crippen LogP contribution in [0, 0.1) is 18.3 Å². The van der Waals surface area contributed by atoms with Crippen LogP contribution < -0.4 is 0 Å². The minimum Gasteiger partial charge on any atom is -0.396 e. The summed E-state index contributed by atoms with van der Waals surface area (Å²) in [6.07, 6.45) is 2.97. The maximum absolute atomic E-state index is 12.2. The third kappa shape index (κ3) is 3.45. The van der Waals surface area contributed by atoms with Crippen LogP contribution in [0.4, 0.5) is 0 Å². The number of fused-ring (bicyclic) bond motifs is 1. The molecular formula is C18H30N4O3. The molecule has 1 N–H and O–H groups in total. The van der Waals surface area contributed by atoms with Crippen molar-refractivity contribution in [3.8, 4) is 0 Å². The number of likely N-dealkylation sites (tertiary alicyclic amines) is 2. The number of amides is 1. The van der Waals surface area contributed by atoms with Crippen molar-refractivity contribution < 1.29 is 14.6 Å². The molecule has 7 nitrogen and oxygen atoms in total. The van der Waals surface area contributed by atoms with E-state index in [1.54, 1.807) is 7.11 Å². The summed E-state index contributed by atoms with van der Waals surface area (Å²) in [5.41, 5.74) is 2.25. The molecule has 3 rings (SSSR count). The second-order valence-electron chi connectivity index (χ2n) is 7.49. The largest absolute Gasteiger partial charge is 0.396 e. The second kappa shape index (κ2) is 7.43. The lowest BCUT2D eigenvalue weighted by Gasteiger charge is -2.43. The van der Waals surface area contributed by atoms with Crippen molar-refractivity contribution in [2.45, 2.75) is 33.4 Å². The molecule has 2 aliphatic rings. The van der Waals surface area contributed by atoms with Crippen molar-refractivity contribution >= 4 is 5.91 Å². The van der Waals surface area contributed by atoms with E-state index in [-0.39, 0.29) is 24.5 Å². The predicted octanol–water partition coefficient (Wildman–Crippen LogP) is 0.501. The Hall–Kier alpha value is -1.44. The van der Waals surface area contributed by atoms with Crippen LogP contribution >= 0.6 is 0 Å². The van der Waals surface area contributed by atoms with Crippen LogP contribution in [0.25, 0.3) is 0 Å². The van der Waals surface area contributed by atoms with Gasteiger partial charge < -0.3 is 14.7 Å². The lowest BCUT2D eigenvalue weighted by molar-refractivity contribution is -0.134. The van der Waals surface area contributed by atoms with Crippen LogP contribution in [0.15, 0.2) is 6.20 Å². The Morgan fingerprint density at radius 3 is 2.92 bits per heavy atom. The van der Waals surface area contributed by atoms with Gasteiger partial charge in [0.15, 0.2) is 0 Å². The highest BCUT2D eigenvalue weighted by Gasteiger charge is 2.50. The first kappa shape index (κ1) is 18.4. The molecular weight excluding hydrogens is 320 g/mol. The number of rotatable bonds is 6. The molecule has 1 amide bonds. The molecule has 0 saturated carbocycles. The summed E-state index contributed by atoms with van der Waals surface area (Å²) in [6, 6.07) is 0. The number of carbonyl (C=O) groups is 1. The number of ether oxygens (including phenoxy) is 1. The zero-order chi connectivity index (χ0) is 18.0. The van der Waals surface area contributed by atoms with E-state index in [1.807, 2.05) is 15.8 Å². The molecule has 0 aromatic carbocycles. The molecule has 0 aliphatic carbocycles. The lowest BCUT2D eigenvalue weighted by atomic mass is 9.74. The Kier molecular flexibility index (Phi) is 5.46. The highest BCUT2D eigenvalue weighted by atomic mass is 16.5. The monoisotopic (exact) mass is 350 g/mol. The topological polar surface area (TPSA) is 70.8 Å². The van der Waals surface area contributed by atoms with Gasteiger partial charge in [-0.15, -0.1) is 0 Å². The fraction of sp³-hybridized carbons (Fsp3) is 0.778. The van der Waals surface area contributed by atoms with Gasteiger partial charge in [-0.25, -0.2) is 0 Å². The maximum Gasteiger partial charge on any atom is 0.248 e. The summed E-state index contributed by atoms with van der Waals surface area (Å²) < 4.78 is 7.01. The number of aromatic nitrogens is 2. The Morgan fingerprint density at radius 1 is 1.48 bits per heavy atom. The van der Waals surface area contributed by atoms with Gasteiger partial charge in [-0.2, -0.15) is 5.10 Å². The average Bonchev–Trinajstić information content (AvgIpc) is 3.16. The van der Waals surface area contributed by atoms with E-state index in [1.165, 1.54) is 11.3 Å². The number of hydrogen-bond acceptors (Lipinski definition) is 5. The molecule has 1 aromatic rings. The zero-order valence-electron chi connectivity index (χ0n) is 15.6. The summed E-state index contributed by atoms with van der Waals surface area (Å²) >= 11 is 0. The van der Waals surface area contributed by atoms with E-state index in [4.69, 9.17) is 4.74 Å². The van der Waals surface area contributed by atoms with Crippen molar-refractivity contribution in [2.75, 3.05) is 46.5 Å². The number of aliphatic hydroxyl groups is 1. The molecule has 25 heavy (non-hydrogen) atoms. The third-order valence-electron chi connectivity index (χ3n) is 5.98. The van der Waals surface area contributed by atoms with Gasteiger partial charge in [0, 0.05) is 56.5 Å². The minimum atomic E-state index is -0.212. The number of aliphatic hydroxyl groups excluding tert-OH is 1. The average molecular weight is 350 g/mol. The summed E-state index contributed by atoms with van der Waals surface area (Å²) in [6.45, 7) is 9.37. The number of carbonyl (C=O) groups excluding carboxylic acids is 1. The molecule has 2 saturated heterocycles. The predicted molar refractivity (Wildman–Crippen MR) is 94.0 cm³/mol. The molecule has 7 heteroatoms. The molecule has 2 atom stereocenters.